The summed E-state index contributed by atoms with van der Waals surface area (Å²) in [6.45, 7) is 11.5. The molecule has 2 rings (SSSR count). The average molecular weight is 435 g/mol. The van der Waals surface area contributed by atoms with Crippen molar-refractivity contribution in [2.24, 2.45) is 11.8 Å². The predicted octanol–water partition coefficient (Wildman–Crippen LogP) is 4.69. The van der Waals surface area contributed by atoms with Gasteiger partial charge in [0.1, 0.15) is 24.1 Å². The molecule has 0 aliphatic carbocycles. The van der Waals surface area contributed by atoms with Crippen LogP contribution in [-0.2, 0) is 20.4 Å². The minimum absolute atomic E-state index is 0.0965. The summed E-state index contributed by atoms with van der Waals surface area (Å²) in [5.41, 5.74) is 0.251. The maximum Gasteiger partial charge on any atom is 0.255 e. The first-order valence-electron chi connectivity index (χ1n) is 10.7. The summed E-state index contributed by atoms with van der Waals surface area (Å²) in [5, 5.41) is 26.6. The topological polar surface area (TPSA) is 127 Å². The predicted molar refractivity (Wildman–Crippen MR) is 114 cm³/mol. The third kappa shape index (κ3) is 6.18. The highest BCUT2D eigenvalue weighted by Gasteiger charge is 2.32. The number of carbonyl (C=O) groups is 2. The Kier molecular flexibility index (Phi) is 7.68. The number of hydrogen-bond acceptors (Lipinski definition) is 8. The second-order valence-corrected chi connectivity index (χ2v) is 9.87. The van der Waals surface area contributed by atoms with Crippen LogP contribution >= 0.6 is 0 Å². The molecule has 2 aromatic rings. The second-order valence-electron chi connectivity index (χ2n) is 9.87. The molecule has 0 saturated carbocycles. The molecule has 0 saturated heterocycles. The quantitative estimate of drug-likeness (QED) is 0.492. The van der Waals surface area contributed by atoms with E-state index in [0.29, 0.717) is 43.2 Å². The number of hydrogen-bond donors (Lipinski definition) is 2. The number of aromatic hydroxyl groups is 2. The van der Waals surface area contributed by atoms with Crippen molar-refractivity contribution < 1.29 is 28.8 Å². The van der Waals surface area contributed by atoms with Crippen molar-refractivity contribution in [3.05, 3.63) is 23.7 Å². The molecule has 0 bridgehead atoms. The molecule has 0 aliphatic rings. The fourth-order valence-corrected chi connectivity index (χ4v) is 4.29. The van der Waals surface area contributed by atoms with Gasteiger partial charge in [0.15, 0.2) is 0 Å². The molecule has 172 valence electrons. The van der Waals surface area contributed by atoms with E-state index in [1.54, 1.807) is 0 Å². The van der Waals surface area contributed by atoms with Gasteiger partial charge >= 0.3 is 0 Å². The van der Waals surface area contributed by atoms with Crippen molar-refractivity contribution in [3.63, 3.8) is 0 Å². The van der Waals surface area contributed by atoms with E-state index in [-0.39, 0.29) is 35.2 Å². The molecule has 0 aromatic carbocycles. The fraction of sp³-hybridized carbons (Fsp3) is 0.652. The van der Waals surface area contributed by atoms with Crippen LogP contribution in [0.2, 0.25) is 0 Å². The minimum atomic E-state index is -0.456. The second kappa shape index (κ2) is 9.66. The normalized spacial score (nSPS) is 14.4. The summed E-state index contributed by atoms with van der Waals surface area (Å²) in [6, 6.07) is 0. The van der Waals surface area contributed by atoms with Gasteiger partial charge in [0.2, 0.25) is 0 Å². The van der Waals surface area contributed by atoms with Crippen LogP contribution in [0.4, 0.5) is 0 Å². The molecule has 8 nitrogen and oxygen atoms in total. The van der Waals surface area contributed by atoms with Crippen molar-refractivity contribution >= 4 is 11.6 Å². The van der Waals surface area contributed by atoms with Crippen LogP contribution in [0.5, 0.6) is 11.8 Å². The lowest BCUT2D eigenvalue weighted by atomic mass is 9.76. The summed E-state index contributed by atoms with van der Waals surface area (Å²) >= 11 is 0. The van der Waals surface area contributed by atoms with E-state index in [4.69, 9.17) is 9.05 Å². The summed E-state index contributed by atoms with van der Waals surface area (Å²) in [4.78, 5) is 25.2. The summed E-state index contributed by atoms with van der Waals surface area (Å²) in [6.07, 6.45) is 5.08. The molecule has 0 spiro atoms. The maximum absolute atomic E-state index is 12.6. The lowest BCUT2D eigenvalue weighted by Crippen LogP contribution is -2.25. The Morgan fingerprint density at radius 2 is 1.19 bits per heavy atom. The molecule has 31 heavy (non-hydrogen) atoms. The standard InChI is InChI=1S/C23H34N2O6/c1-14(10-22(3,4)16-12-30-24-20(16)28)18(26)8-7-9-19(27)15(2)11-23(5,6)17-13-31-25-21(17)29/h12-15H,7-11H2,1-6H3,(H,24,28)(H,25,29). The Labute approximate surface area is 183 Å². The largest absolute Gasteiger partial charge is 0.491 e. The van der Waals surface area contributed by atoms with Gasteiger partial charge in [-0.2, -0.15) is 0 Å². The highest BCUT2D eigenvalue weighted by molar-refractivity contribution is 5.83. The molecule has 0 aliphatic heterocycles. The number of nitrogens with zero attached hydrogens (tertiary/aromatic N) is 2. The molecule has 2 N–H and O–H groups in total. The summed E-state index contributed by atoms with van der Waals surface area (Å²) < 4.78 is 9.61. The van der Waals surface area contributed by atoms with Gasteiger partial charge in [-0.05, 0) is 40.4 Å². The highest BCUT2D eigenvalue weighted by atomic mass is 16.5. The molecule has 0 radical (unpaired) electrons. The van der Waals surface area contributed by atoms with Gasteiger partial charge in [-0.15, -0.1) is 0 Å². The van der Waals surface area contributed by atoms with E-state index in [0.717, 1.165) is 0 Å². The molecule has 2 unspecified atom stereocenters. The average Bonchev–Trinajstić information content (AvgIpc) is 3.29. The van der Waals surface area contributed by atoms with Crippen molar-refractivity contribution in [2.45, 2.75) is 84.5 Å². The van der Waals surface area contributed by atoms with Gasteiger partial charge in [-0.1, -0.05) is 41.5 Å². The van der Waals surface area contributed by atoms with Crippen LogP contribution in [0.25, 0.3) is 0 Å². The van der Waals surface area contributed by atoms with E-state index in [1.165, 1.54) is 12.5 Å². The fourth-order valence-electron chi connectivity index (χ4n) is 4.29. The van der Waals surface area contributed by atoms with E-state index in [1.807, 2.05) is 41.5 Å². The van der Waals surface area contributed by atoms with E-state index < -0.39 is 10.8 Å². The zero-order valence-corrected chi connectivity index (χ0v) is 19.3. The SMILES string of the molecule is CC(CC(C)(C)c1conc1O)C(=O)CCCC(=O)C(C)CC(C)(C)c1conc1O. The third-order valence-electron chi connectivity index (χ3n) is 6.14. The van der Waals surface area contributed by atoms with Gasteiger partial charge in [0.05, 0.1) is 11.1 Å². The molecule has 0 fully saturated rings. The zero-order valence-electron chi connectivity index (χ0n) is 19.3. The van der Waals surface area contributed by atoms with Crippen LogP contribution in [0.15, 0.2) is 21.6 Å². The highest BCUT2D eigenvalue weighted by Crippen LogP contribution is 2.37. The molecule has 0 amide bonds. The minimum Gasteiger partial charge on any atom is -0.491 e. The van der Waals surface area contributed by atoms with E-state index in [2.05, 4.69) is 10.3 Å². The lowest BCUT2D eigenvalue weighted by molar-refractivity contribution is -0.124. The van der Waals surface area contributed by atoms with Crippen LogP contribution in [0.3, 0.4) is 0 Å². The van der Waals surface area contributed by atoms with Gasteiger partial charge in [-0.3, -0.25) is 9.59 Å². The maximum atomic E-state index is 12.6. The van der Waals surface area contributed by atoms with Crippen LogP contribution < -0.4 is 0 Å². The van der Waals surface area contributed by atoms with Crippen molar-refractivity contribution in [1.29, 1.82) is 0 Å². The third-order valence-corrected chi connectivity index (χ3v) is 6.14. The number of rotatable bonds is 12. The zero-order chi connectivity index (χ0) is 23.4. The number of aromatic nitrogens is 2. The van der Waals surface area contributed by atoms with E-state index in [9.17, 15) is 19.8 Å². The smallest absolute Gasteiger partial charge is 0.255 e. The number of ketones is 2. The Balaban J connectivity index is 1.81. The Morgan fingerprint density at radius 1 is 0.839 bits per heavy atom. The lowest BCUT2D eigenvalue weighted by Gasteiger charge is -2.26. The van der Waals surface area contributed by atoms with E-state index >= 15 is 0 Å². The molecule has 2 aromatic heterocycles. The van der Waals surface area contributed by atoms with Crippen molar-refractivity contribution in [1.82, 2.24) is 10.3 Å². The first-order valence-corrected chi connectivity index (χ1v) is 10.7. The summed E-state index contributed by atoms with van der Waals surface area (Å²) in [5.74, 6) is -0.531. The number of Topliss-reactive ketones (excluding diaryl/α,β-unsaturated/α-hetero) is 2. The Morgan fingerprint density at radius 3 is 1.48 bits per heavy atom. The van der Waals surface area contributed by atoms with Crippen LogP contribution in [-0.4, -0.2) is 32.1 Å². The molecule has 2 heterocycles. The van der Waals surface area contributed by atoms with Gasteiger partial charge in [-0.25, -0.2) is 0 Å². The van der Waals surface area contributed by atoms with Crippen molar-refractivity contribution in [2.75, 3.05) is 0 Å². The van der Waals surface area contributed by atoms with Gasteiger partial charge in [0.25, 0.3) is 11.8 Å². The van der Waals surface area contributed by atoms with Crippen LogP contribution in [0.1, 0.15) is 84.8 Å². The Hall–Kier alpha value is -2.64. The summed E-state index contributed by atoms with van der Waals surface area (Å²) in [7, 11) is 0. The first-order chi connectivity index (χ1) is 14.3. The monoisotopic (exact) mass is 434 g/mol. The van der Waals surface area contributed by atoms with Gasteiger partial charge < -0.3 is 19.3 Å². The Bertz CT molecular complexity index is 823. The molecular formula is C23H34N2O6. The molecular weight excluding hydrogens is 400 g/mol. The molecule has 8 heteroatoms. The first kappa shape index (κ1) is 24.6. The number of carbonyl (C=O) groups excluding carboxylic acids is 2. The van der Waals surface area contributed by atoms with Gasteiger partial charge in [0, 0.05) is 24.7 Å². The van der Waals surface area contributed by atoms with Crippen molar-refractivity contribution in [3.8, 4) is 11.8 Å². The van der Waals surface area contributed by atoms with Crippen LogP contribution in [0, 0.1) is 11.8 Å². The molecule has 2 atom stereocenters.